The van der Waals surface area contributed by atoms with Gasteiger partial charge in [0, 0.05) is 6.54 Å². The van der Waals surface area contributed by atoms with Crippen LogP contribution in [0.5, 0.6) is 0 Å². The first-order valence-electron chi connectivity index (χ1n) is 4.14. The zero-order valence-corrected chi connectivity index (χ0v) is 8.49. The molecule has 0 aromatic carbocycles. The van der Waals surface area contributed by atoms with E-state index in [2.05, 4.69) is 12.0 Å². The van der Waals surface area contributed by atoms with Crippen molar-refractivity contribution in [1.82, 2.24) is 5.09 Å². The van der Waals surface area contributed by atoms with Crippen LogP contribution in [0.25, 0.3) is 0 Å². The van der Waals surface area contributed by atoms with Gasteiger partial charge in [0.05, 0.1) is 13.2 Å². The van der Waals surface area contributed by atoms with E-state index in [1.54, 1.807) is 0 Å². The second-order valence-corrected chi connectivity index (χ2v) is 3.35. The van der Waals surface area contributed by atoms with Crippen molar-refractivity contribution >= 4 is 8.53 Å². The van der Waals surface area contributed by atoms with E-state index >= 15 is 0 Å². The third kappa shape index (κ3) is 6.70. The van der Waals surface area contributed by atoms with E-state index in [0.29, 0.717) is 13.2 Å². The SMILES string of the molecule is CCCNP(OCC)OCC. The van der Waals surface area contributed by atoms with Crippen LogP contribution in [-0.2, 0) is 9.05 Å². The predicted molar refractivity (Wildman–Crippen MR) is 48.5 cm³/mol. The average molecular weight is 179 g/mol. The molecule has 0 aromatic heterocycles. The molecule has 0 aromatic rings. The largest absolute Gasteiger partial charge is 0.322 e. The summed E-state index contributed by atoms with van der Waals surface area (Å²) < 4.78 is 10.6. The first-order chi connectivity index (χ1) is 5.35. The average Bonchev–Trinajstić information content (AvgIpc) is 2.01. The van der Waals surface area contributed by atoms with E-state index in [1.807, 2.05) is 13.8 Å². The summed E-state index contributed by atoms with van der Waals surface area (Å²) >= 11 is 0. The van der Waals surface area contributed by atoms with Crippen molar-refractivity contribution in [2.45, 2.75) is 27.2 Å². The molecule has 1 N–H and O–H groups in total. The lowest BCUT2D eigenvalue weighted by atomic mass is 10.5. The van der Waals surface area contributed by atoms with E-state index in [-0.39, 0.29) is 0 Å². The van der Waals surface area contributed by atoms with E-state index in [9.17, 15) is 0 Å². The lowest BCUT2D eigenvalue weighted by Gasteiger charge is -2.15. The number of hydrogen-bond acceptors (Lipinski definition) is 3. The van der Waals surface area contributed by atoms with Gasteiger partial charge >= 0.3 is 0 Å². The Morgan fingerprint density at radius 1 is 1.09 bits per heavy atom. The molecule has 0 radical (unpaired) electrons. The summed E-state index contributed by atoms with van der Waals surface area (Å²) in [4.78, 5) is 0. The number of nitrogens with one attached hydrogen (secondary N) is 1. The Labute approximate surface area is 70.4 Å². The highest BCUT2D eigenvalue weighted by Crippen LogP contribution is 2.32. The Morgan fingerprint density at radius 2 is 1.64 bits per heavy atom. The molecule has 0 saturated carbocycles. The summed E-state index contributed by atoms with van der Waals surface area (Å²) in [7, 11) is -0.817. The molecule has 0 aliphatic heterocycles. The van der Waals surface area contributed by atoms with Crippen molar-refractivity contribution < 1.29 is 9.05 Å². The van der Waals surface area contributed by atoms with Crippen LogP contribution in [0.4, 0.5) is 0 Å². The smallest absolute Gasteiger partial charge is 0.255 e. The predicted octanol–water partition coefficient (Wildman–Crippen LogP) is 2.29. The number of hydrogen-bond donors (Lipinski definition) is 1. The van der Waals surface area contributed by atoms with Crippen molar-refractivity contribution in [2.75, 3.05) is 19.8 Å². The molecule has 0 bridgehead atoms. The van der Waals surface area contributed by atoms with Gasteiger partial charge in [-0.3, -0.25) is 5.09 Å². The Morgan fingerprint density at radius 3 is 2.00 bits per heavy atom. The summed E-state index contributed by atoms with van der Waals surface area (Å²) in [6.45, 7) is 8.46. The van der Waals surface area contributed by atoms with Crippen molar-refractivity contribution in [3.8, 4) is 0 Å². The third-order valence-electron chi connectivity index (χ3n) is 0.984. The van der Waals surface area contributed by atoms with Gasteiger partial charge in [0.2, 0.25) is 0 Å². The molecule has 0 heterocycles. The molecule has 0 unspecified atom stereocenters. The maximum Gasteiger partial charge on any atom is 0.255 e. The highest BCUT2D eigenvalue weighted by Gasteiger charge is 2.05. The summed E-state index contributed by atoms with van der Waals surface area (Å²) in [6.07, 6.45) is 1.11. The molecule has 11 heavy (non-hydrogen) atoms. The fraction of sp³-hybridized carbons (Fsp3) is 1.00. The van der Waals surface area contributed by atoms with E-state index in [1.165, 1.54) is 0 Å². The van der Waals surface area contributed by atoms with Crippen molar-refractivity contribution in [3.05, 3.63) is 0 Å². The minimum atomic E-state index is -0.817. The maximum atomic E-state index is 5.32. The summed E-state index contributed by atoms with van der Waals surface area (Å²) in [5.41, 5.74) is 0. The quantitative estimate of drug-likeness (QED) is 0.608. The van der Waals surface area contributed by atoms with Crippen LogP contribution in [0.15, 0.2) is 0 Å². The monoisotopic (exact) mass is 179 g/mol. The molecule has 0 aliphatic rings. The van der Waals surface area contributed by atoms with E-state index < -0.39 is 8.53 Å². The first kappa shape index (κ1) is 11.3. The molecule has 0 fully saturated rings. The van der Waals surface area contributed by atoms with Crippen LogP contribution < -0.4 is 5.09 Å². The Bertz CT molecular complexity index is 76.8. The molecule has 0 spiro atoms. The molecule has 4 heteroatoms. The van der Waals surface area contributed by atoms with Gasteiger partial charge in [0.15, 0.2) is 0 Å². The second-order valence-electron chi connectivity index (χ2n) is 2.00. The van der Waals surface area contributed by atoms with Crippen LogP contribution in [0.2, 0.25) is 0 Å². The van der Waals surface area contributed by atoms with Crippen LogP contribution in [-0.4, -0.2) is 19.8 Å². The maximum absolute atomic E-state index is 5.32. The highest BCUT2D eigenvalue weighted by atomic mass is 31.2. The van der Waals surface area contributed by atoms with Crippen molar-refractivity contribution in [2.24, 2.45) is 0 Å². The van der Waals surface area contributed by atoms with E-state index in [0.717, 1.165) is 13.0 Å². The normalized spacial score (nSPS) is 10.9. The van der Waals surface area contributed by atoms with Crippen LogP contribution in [0.3, 0.4) is 0 Å². The molecule has 68 valence electrons. The van der Waals surface area contributed by atoms with Crippen molar-refractivity contribution in [3.63, 3.8) is 0 Å². The van der Waals surface area contributed by atoms with Gasteiger partial charge in [-0.2, -0.15) is 0 Å². The van der Waals surface area contributed by atoms with Gasteiger partial charge < -0.3 is 9.05 Å². The zero-order chi connectivity index (χ0) is 8.53. The van der Waals surface area contributed by atoms with Crippen molar-refractivity contribution in [1.29, 1.82) is 0 Å². The van der Waals surface area contributed by atoms with Crippen LogP contribution >= 0.6 is 8.53 Å². The molecule has 0 rings (SSSR count). The van der Waals surface area contributed by atoms with Gasteiger partial charge in [0.25, 0.3) is 8.53 Å². The molecular formula is C7H18NO2P. The molecule has 0 atom stereocenters. The van der Waals surface area contributed by atoms with Gasteiger partial charge in [-0.05, 0) is 20.3 Å². The molecular weight excluding hydrogens is 161 g/mol. The first-order valence-corrected chi connectivity index (χ1v) is 5.32. The fourth-order valence-corrected chi connectivity index (χ4v) is 1.70. The summed E-state index contributed by atoms with van der Waals surface area (Å²) in [5.74, 6) is 0. The second kappa shape index (κ2) is 8.41. The zero-order valence-electron chi connectivity index (χ0n) is 7.59. The Balaban J connectivity index is 3.34. The Kier molecular flexibility index (Phi) is 8.64. The molecule has 0 saturated heterocycles. The minimum absolute atomic E-state index is 0.711. The molecule has 3 nitrogen and oxygen atoms in total. The minimum Gasteiger partial charge on any atom is -0.322 e. The van der Waals surface area contributed by atoms with Crippen LogP contribution in [0, 0.1) is 0 Å². The van der Waals surface area contributed by atoms with Gasteiger partial charge in [-0.1, -0.05) is 6.92 Å². The standard InChI is InChI=1S/C7H18NO2P/c1-4-7-8-11(9-5-2)10-6-3/h8H,4-7H2,1-3H3. The van der Waals surface area contributed by atoms with Gasteiger partial charge in [-0.15, -0.1) is 0 Å². The summed E-state index contributed by atoms with van der Waals surface area (Å²) in [6, 6.07) is 0. The van der Waals surface area contributed by atoms with E-state index in [4.69, 9.17) is 9.05 Å². The molecule has 0 aliphatic carbocycles. The van der Waals surface area contributed by atoms with Gasteiger partial charge in [0.1, 0.15) is 0 Å². The summed E-state index contributed by atoms with van der Waals surface area (Å²) in [5, 5.41) is 3.19. The topological polar surface area (TPSA) is 30.5 Å². The fourth-order valence-electron chi connectivity index (χ4n) is 0.566. The Hall–Kier alpha value is 0.310. The molecule has 0 amide bonds. The van der Waals surface area contributed by atoms with Gasteiger partial charge in [-0.25, -0.2) is 0 Å². The lowest BCUT2D eigenvalue weighted by Crippen LogP contribution is -2.11. The highest BCUT2D eigenvalue weighted by molar-refractivity contribution is 7.44. The third-order valence-corrected chi connectivity index (χ3v) is 2.45. The number of rotatable bonds is 7. The van der Waals surface area contributed by atoms with Crippen LogP contribution in [0.1, 0.15) is 27.2 Å². The lowest BCUT2D eigenvalue weighted by molar-refractivity contribution is 0.261.